The first-order valence-corrected chi connectivity index (χ1v) is 8.86. The van der Waals surface area contributed by atoms with Gasteiger partial charge in [0.15, 0.2) is 0 Å². The molecule has 1 N–H and O–H groups in total. The molecule has 0 bridgehead atoms. The number of rotatable bonds is 6. The van der Waals surface area contributed by atoms with Gasteiger partial charge in [0, 0.05) is 32.7 Å². The second-order valence-corrected chi connectivity index (χ2v) is 6.43. The van der Waals surface area contributed by atoms with E-state index in [4.69, 9.17) is 4.74 Å². The average Bonchev–Trinajstić information content (AvgIpc) is 2.68. The van der Waals surface area contributed by atoms with E-state index in [0.29, 0.717) is 12.2 Å². The first kappa shape index (κ1) is 18.2. The fraction of sp³-hybridized carbons (Fsp3) is 0.500. The molecule has 0 radical (unpaired) electrons. The van der Waals surface area contributed by atoms with Gasteiger partial charge in [-0.15, -0.1) is 0 Å². The van der Waals surface area contributed by atoms with Gasteiger partial charge in [-0.1, -0.05) is 12.1 Å². The van der Waals surface area contributed by atoms with E-state index in [1.165, 1.54) is 4.57 Å². The molecule has 1 aromatic carbocycles. The fourth-order valence-electron chi connectivity index (χ4n) is 3.29. The Labute approximate surface area is 152 Å². The highest BCUT2D eigenvalue weighted by molar-refractivity contribution is 5.58. The summed E-state index contributed by atoms with van der Waals surface area (Å²) in [5, 5.41) is 6.05. The summed E-state index contributed by atoms with van der Waals surface area (Å²) in [6, 6.07) is 8.06. The van der Waals surface area contributed by atoms with Crippen LogP contribution in [-0.4, -0.2) is 59.5 Å². The van der Waals surface area contributed by atoms with Crippen molar-refractivity contribution < 1.29 is 4.74 Å². The van der Waals surface area contributed by atoms with Crippen LogP contribution >= 0.6 is 0 Å². The predicted octanol–water partition coefficient (Wildman–Crippen LogP) is 0.461. The molecule has 1 aromatic heterocycles. The van der Waals surface area contributed by atoms with E-state index in [1.54, 1.807) is 14.0 Å². The second kappa shape index (κ2) is 8.18. The Bertz CT molecular complexity index is 852. The predicted molar refractivity (Wildman–Crippen MR) is 100 cm³/mol. The molecule has 0 spiro atoms. The quantitative estimate of drug-likeness (QED) is 0.807. The lowest BCUT2D eigenvalue weighted by molar-refractivity contribution is 0.248. The van der Waals surface area contributed by atoms with Gasteiger partial charge in [-0.2, -0.15) is 5.10 Å². The number of H-pyrrole nitrogens is 1. The third-order valence-corrected chi connectivity index (χ3v) is 4.77. The first-order chi connectivity index (χ1) is 12.6. The molecule has 0 saturated carbocycles. The summed E-state index contributed by atoms with van der Waals surface area (Å²) in [6.45, 7) is 6.60. The van der Waals surface area contributed by atoms with E-state index in [9.17, 15) is 9.59 Å². The lowest BCUT2D eigenvalue weighted by Gasteiger charge is -2.36. The summed E-state index contributed by atoms with van der Waals surface area (Å²) in [6.07, 6.45) is 0.751. The lowest BCUT2D eigenvalue weighted by atomic mass is 10.2. The van der Waals surface area contributed by atoms with Gasteiger partial charge in [0.2, 0.25) is 0 Å². The van der Waals surface area contributed by atoms with Crippen LogP contribution in [0.15, 0.2) is 33.9 Å². The number of para-hydroxylation sites is 2. The SMILES string of the molecule is COc1ccccc1N1CCN(CCCn2c(=O)[nH]nc(C)c2=O)CC1. The zero-order valence-corrected chi connectivity index (χ0v) is 15.3. The Morgan fingerprint density at radius 1 is 1.12 bits per heavy atom. The number of piperazine rings is 1. The number of methoxy groups -OCH3 is 1. The Morgan fingerprint density at radius 2 is 1.85 bits per heavy atom. The normalized spacial score (nSPS) is 15.2. The van der Waals surface area contributed by atoms with Crippen molar-refractivity contribution in [3.63, 3.8) is 0 Å². The van der Waals surface area contributed by atoms with E-state index in [0.717, 1.165) is 50.6 Å². The Kier molecular flexibility index (Phi) is 5.72. The second-order valence-electron chi connectivity index (χ2n) is 6.43. The number of anilines is 1. The van der Waals surface area contributed by atoms with Crippen molar-refractivity contribution in [2.24, 2.45) is 0 Å². The van der Waals surface area contributed by atoms with Gasteiger partial charge in [-0.25, -0.2) is 9.89 Å². The maximum absolute atomic E-state index is 12.0. The number of hydrogen-bond acceptors (Lipinski definition) is 6. The topological polar surface area (TPSA) is 83.5 Å². The molecule has 0 atom stereocenters. The number of hydrogen-bond donors (Lipinski definition) is 1. The average molecular weight is 359 g/mol. The van der Waals surface area contributed by atoms with Crippen LogP contribution in [-0.2, 0) is 6.54 Å². The van der Waals surface area contributed by atoms with E-state index in [2.05, 4.69) is 26.1 Å². The largest absolute Gasteiger partial charge is 0.495 e. The smallest absolute Gasteiger partial charge is 0.344 e. The molecule has 1 fully saturated rings. The van der Waals surface area contributed by atoms with Gasteiger partial charge >= 0.3 is 5.69 Å². The number of benzene rings is 1. The number of nitrogens with one attached hydrogen (secondary N) is 1. The summed E-state index contributed by atoms with van der Waals surface area (Å²) in [5.41, 5.74) is 0.686. The van der Waals surface area contributed by atoms with Crippen molar-refractivity contribution in [2.45, 2.75) is 19.9 Å². The van der Waals surface area contributed by atoms with Gasteiger partial charge in [0.25, 0.3) is 5.56 Å². The molecule has 3 rings (SSSR count). The van der Waals surface area contributed by atoms with Gasteiger partial charge in [-0.3, -0.25) is 14.3 Å². The van der Waals surface area contributed by atoms with Crippen LogP contribution in [0.1, 0.15) is 12.1 Å². The molecule has 26 heavy (non-hydrogen) atoms. The molecular weight excluding hydrogens is 334 g/mol. The van der Waals surface area contributed by atoms with Crippen LogP contribution in [0.2, 0.25) is 0 Å². The van der Waals surface area contributed by atoms with Crippen LogP contribution in [0, 0.1) is 6.92 Å². The van der Waals surface area contributed by atoms with Crippen molar-refractivity contribution in [2.75, 3.05) is 44.7 Å². The van der Waals surface area contributed by atoms with Crippen molar-refractivity contribution >= 4 is 5.69 Å². The van der Waals surface area contributed by atoms with Gasteiger partial charge < -0.3 is 9.64 Å². The van der Waals surface area contributed by atoms with Crippen LogP contribution in [0.25, 0.3) is 0 Å². The first-order valence-electron chi connectivity index (χ1n) is 8.86. The van der Waals surface area contributed by atoms with Crippen molar-refractivity contribution in [3.05, 3.63) is 50.8 Å². The molecule has 0 amide bonds. The molecule has 1 aliphatic rings. The Hall–Kier alpha value is -2.61. The standard InChI is InChI=1S/C18H25N5O3/c1-14-17(24)23(18(25)20-19-14)9-5-8-21-10-12-22(13-11-21)15-6-3-4-7-16(15)26-2/h3-4,6-7H,5,8-13H2,1-2H3,(H,20,25). The number of aryl methyl sites for hydroxylation is 1. The van der Waals surface area contributed by atoms with Crippen molar-refractivity contribution in [3.8, 4) is 5.75 Å². The Morgan fingerprint density at radius 3 is 2.58 bits per heavy atom. The van der Waals surface area contributed by atoms with Crippen molar-refractivity contribution in [1.82, 2.24) is 19.7 Å². The van der Waals surface area contributed by atoms with Gasteiger partial charge in [-0.05, 0) is 32.0 Å². The Balaban J connectivity index is 1.51. The molecule has 2 heterocycles. The van der Waals surface area contributed by atoms with Crippen LogP contribution in [0.3, 0.4) is 0 Å². The van der Waals surface area contributed by atoms with Gasteiger partial charge in [0.1, 0.15) is 11.4 Å². The fourth-order valence-corrected chi connectivity index (χ4v) is 3.29. The van der Waals surface area contributed by atoms with E-state index >= 15 is 0 Å². The zero-order valence-electron chi connectivity index (χ0n) is 15.3. The summed E-state index contributed by atoms with van der Waals surface area (Å²) in [4.78, 5) is 28.4. The molecule has 140 valence electrons. The van der Waals surface area contributed by atoms with Crippen LogP contribution < -0.4 is 20.9 Å². The monoisotopic (exact) mass is 359 g/mol. The summed E-state index contributed by atoms with van der Waals surface area (Å²) in [5.74, 6) is 0.896. The number of ether oxygens (including phenoxy) is 1. The maximum atomic E-state index is 12.0. The highest BCUT2D eigenvalue weighted by Gasteiger charge is 2.19. The van der Waals surface area contributed by atoms with E-state index < -0.39 is 5.69 Å². The highest BCUT2D eigenvalue weighted by atomic mass is 16.5. The summed E-state index contributed by atoms with van der Waals surface area (Å²) < 4.78 is 6.68. The number of aromatic nitrogens is 3. The molecule has 0 aliphatic carbocycles. The maximum Gasteiger partial charge on any atom is 0.344 e. The summed E-state index contributed by atoms with van der Waals surface area (Å²) in [7, 11) is 1.69. The molecular formula is C18H25N5O3. The minimum Gasteiger partial charge on any atom is -0.495 e. The number of nitrogens with zero attached hydrogens (tertiary/aromatic N) is 4. The van der Waals surface area contributed by atoms with E-state index in [-0.39, 0.29) is 5.56 Å². The van der Waals surface area contributed by atoms with Gasteiger partial charge in [0.05, 0.1) is 12.8 Å². The molecule has 1 aliphatic heterocycles. The third kappa shape index (κ3) is 3.96. The molecule has 2 aromatic rings. The molecule has 8 heteroatoms. The zero-order chi connectivity index (χ0) is 18.5. The minimum absolute atomic E-state index is 0.310. The van der Waals surface area contributed by atoms with Crippen molar-refractivity contribution in [1.29, 1.82) is 0 Å². The van der Waals surface area contributed by atoms with E-state index in [1.807, 2.05) is 18.2 Å². The molecule has 1 saturated heterocycles. The highest BCUT2D eigenvalue weighted by Crippen LogP contribution is 2.28. The third-order valence-electron chi connectivity index (χ3n) is 4.77. The van der Waals surface area contributed by atoms with Crippen LogP contribution in [0.4, 0.5) is 5.69 Å². The number of aromatic amines is 1. The molecule has 0 unspecified atom stereocenters. The van der Waals surface area contributed by atoms with Crippen LogP contribution in [0.5, 0.6) is 5.75 Å². The lowest BCUT2D eigenvalue weighted by Crippen LogP contribution is -2.47. The summed E-state index contributed by atoms with van der Waals surface area (Å²) >= 11 is 0. The minimum atomic E-state index is -0.443. The molecule has 8 nitrogen and oxygen atoms in total.